The number of alkyl halides is 3. The summed E-state index contributed by atoms with van der Waals surface area (Å²) >= 11 is 3.34. The Morgan fingerprint density at radius 3 is 2.19 bits per heavy atom. The minimum Gasteiger partial charge on any atom is -0.320 e. The van der Waals surface area contributed by atoms with Gasteiger partial charge in [-0.3, -0.25) is 0 Å². The number of hydrogen-bond donors (Lipinski definition) is 1. The molecule has 2 rings (SSSR count). The van der Waals surface area contributed by atoms with Crippen LogP contribution < -0.4 is 5.73 Å². The highest BCUT2D eigenvalue weighted by Crippen LogP contribution is 2.34. The number of nitrogens with two attached hydrogens (primary N) is 1. The van der Waals surface area contributed by atoms with Gasteiger partial charge in [0.1, 0.15) is 5.82 Å². The summed E-state index contributed by atoms with van der Waals surface area (Å²) in [5.74, 6) is -1.30. The van der Waals surface area contributed by atoms with E-state index in [-0.39, 0.29) is 5.56 Å². The van der Waals surface area contributed by atoms with Crippen LogP contribution in [-0.4, -0.2) is 0 Å². The minimum atomic E-state index is -4.74. The minimum absolute atomic E-state index is 0.213. The van der Waals surface area contributed by atoms with Crippen molar-refractivity contribution in [3.8, 4) is 0 Å². The van der Waals surface area contributed by atoms with Crippen molar-refractivity contribution >= 4 is 15.9 Å². The first-order valence-electron chi connectivity index (χ1n) is 6.08. The number of halogens is 5. The quantitative estimate of drug-likeness (QED) is 0.751. The van der Waals surface area contributed by atoms with E-state index < -0.39 is 23.6 Å². The van der Waals surface area contributed by atoms with Gasteiger partial charge in [-0.25, -0.2) is 4.39 Å². The Balaban J connectivity index is 2.44. The fourth-order valence-electron chi connectivity index (χ4n) is 2.01. The summed E-state index contributed by atoms with van der Waals surface area (Å²) in [5, 5.41) is 0. The van der Waals surface area contributed by atoms with Crippen LogP contribution in [0.15, 0.2) is 40.9 Å². The molecular formula is C15H12BrF4N. The molecule has 0 fully saturated rings. The van der Waals surface area contributed by atoms with Crippen LogP contribution in [0.25, 0.3) is 0 Å². The molecule has 0 saturated carbocycles. The second-order valence-electron chi connectivity index (χ2n) is 4.72. The molecule has 0 aliphatic rings. The van der Waals surface area contributed by atoms with Crippen LogP contribution in [0.3, 0.4) is 0 Å². The van der Waals surface area contributed by atoms with Crippen molar-refractivity contribution in [3.63, 3.8) is 0 Å². The fourth-order valence-corrected chi connectivity index (χ4v) is 2.25. The third kappa shape index (κ3) is 3.44. The van der Waals surface area contributed by atoms with Gasteiger partial charge in [0, 0.05) is 4.47 Å². The Kier molecular flexibility index (Phi) is 4.39. The lowest BCUT2D eigenvalue weighted by Crippen LogP contribution is -2.15. The van der Waals surface area contributed by atoms with Gasteiger partial charge in [-0.2, -0.15) is 13.2 Å². The van der Waals surface area contributed by atoms with Gasteiger partial charge in [0.25, 0.3) is 0 Å². The van der Waals surface area contributed by atoms with Gasteiger partial charge in [0.15, 0.2) is 0 Å². The molecule has 2 aromatic rings. The maximum Gasteiger partial charge on any atom is 0.419 e. The van der Waals surface area contributed by atoms with E-state index in [0.717, 1.165) is 22.2 Å². The van der Waals surface area contributed by atoms with E-state index >= 15 is 0 Å². The monoisotopic (exact) mass is 361 g/mol. The summed E-state index contributed by atoms with van der Waals surface area (Å²) in [5.41, 5.74) is 6.48. The van der Waals surface area contributed by atoms with Gasteiger partial charge < -0.3 is 5.73 Å². The van der Waals surface area contributed by atoms with Crippen molar-refractivity contribution < 1.29 is 17.6 Å². The van der Waals surface area contributed by atoms with Crippen molar-refractivity contribution in [2.75, 3.05) is 0 Å². The third-order valence-corrected chi connectivity index (χ3v) is 4.09. The first kappa shape index (κ1) is 16.0. The van der Waals surface area contributed by atoms with Gasteiger partial charge >= 0.3 is 6.18 Å². The number of benzene rings is 2. The molecular weight excluding hydrogens is 350 g/mol. The molecule has 2 N–H and O–H groups in total. The van der Waals surface area contributed by atoms with Crippen molar-refractivity contribution in [1.82, 2.24) is 0 Å². The normalized spacial score (nSPS) is 13.3. The molecule has 0 spiro atoms. The van der Waals surface area contributed by atoms with Crippen LogP contribution in [0.2, 0.25) is 0 Å². The van der Waals surface area contributed by atoms with Crippen LogP contribution >= 0.6 is 15.9 Å². The largest absolute Gasteiger partial charge is 0.419 e. The van der Waals surface area contributed by atoms with E-state index in [0.29, 0.717) is 5.56 Å². The molecule has 1 atom stereocenters. The van der Waals surface area contributed by atoms with Crippen LogP contribution in [0.1, 0.15) is 28.3 Å². The van der Waals surface area contributed by atoms with Gasteiger partial charge in [0.2, 0.25) is 0 Å². The zero-order chi connectivity index (χ0) is 15.8. The van der Waals surface area contributed by atoms with Gasteiger partial charge in [-0.15, -0.1) is 0 Å². The van der Waals surface area contributed by atoms with Crippen molar-refractivity contribution in [2.45, 2.75) is 19.1 Å². The molecule has 0 heterocycles. The number of rotatable bonds is 2. The van der Waals surface area contributed by atoms with Crippen molar-refractivity contribution in [3.05, 3.63) is 68.9 Å². The van der Waals surface area contributed by atoms with Gasteiger partial charge in [-0.1, -0.05) is 34.1 Å². The average Bonchev–Trinajstić information content (AvgIpc) is 2.40. The van der Waals surface area contributed by atoms with Crippen LogP contribution in [-0.2, 0) is 6.18 Å². The predicted octanol–water partition coefficient (Wildman–Crippen LogP) is 4.96. The standard InChI is InChI=1S/C15H12BrF4N/c1-8-6-9(2-4-12(8)16)14(21)10-3-5-13(17)11(7-10)15(18,19)20/h2-7,14H,21H2,1H3. The molecule has 21 heavy (non-hydrogen) atoms. The average molecular weight is 362 g/mol. The van der Waals surface area contributed by atoms with Crippen molar-refractivity contribution in [1.29, 1.82) is 0 Å². The number of aryl methyl sites for hydroxylation is 1. The first-order chi connectivity index (χ1) is 9.70. The molecule has 0 bridgehead atoms. The maximum atomic E-state index is 13.3. The molecule has 0 aliphatic heterocycles. The first-order valence-corrected chi connectivity index (χ1v) is 6.87. The summed E-state index contributed by atoms with van der Waals surface area (Å²) in [6, 6.07) is 7.36. The van der Waals surface area contributed by atoms with E-state index in [1.54, 1.807) is 18.2 Å². The van der Waals surface area contributed by atoms with E-state index in [4.69, 9.17) is 5.73 Å². The molecule has 0 aromatic heterocycles. The van der Waals surface area contributed by atoms with Gasteiger partial charge in [0.05, 0.1) is 11.6 Å². The second-order valence-corrected chi connectivity index (χ2v) is 5.58. The molecule has 2 aromatic carbocycles. The van der Waals surface area contributed by atoms with E-state index in [2.05, 4.69) is 15.9 Å². The third-order valence-electron chi connectivity index (χ3n) is 3.20. The van der Waals surface area contributed by atoms with Crippen LogP contribution in [0.4, 0.5) is 17.6 Å². The van der Waals surface area contributed by atoms with E-state index in [9.17, 15) is 17.6 Å². The molecule has 112 valence electrons. The second kappa shape index (κ2) is 5.77. The molecule has 1 nitrogen and oxygen atoms in total. The Hall–Kier alpha value is -1.40. The van der Waals surface area contributed by atoms with Crippen molar-refractivity contribution in [2.24, 2.45) is 5.73 Å². The summed E-state index contributed by atoms with van der Waals surface area (Å²) < 4.78 is 52.3. The van der Waals surface area contributed by atoms with Crippen LogP contribution in [0.5, 0.6) is 0 Å². The summed E-state index contributed by atoms with van der Waals surface area (Å²) in [6.07, 6.45) is -4.74. The van der Waals surface area contributed by atoms with E-state index in [1.165, 1.54) is 6.07 Å². The Labute approximate surface area is 127 Å². The zero-order valence-corrected chi connectivity index (χ0v) is 12.6. The smallest absolute Gasteiger partial charge is 0.320 e. The molecule has 0 saturated heterocycles. The number of hydrogen-bond acceptors (Lipinski definition) is 1. The molecule has 0 aliphatic carbocycles. The highest BCUT2D eigenvalue weighted by Gasteiger charge is 2.34. The predicted molar refractivity (Wildman–Crippen MR) is 76.3 cm³/mol. The summed E-state index contributed by atoms with van der Waals surface area (Å²) in [6.45, 7) is 1.85. The van der Waals surface area contributed by atoms with Crippen LogP contribution in [0, 0.1) is 12.7 Å². The lowest BCUT2D eigenvalue weighted by molar-refractivity contribution is -0.140. The molecule has 1 unspecified atom stereocenters. The molecule has 0 amide bonds. The van der Waals surface area contributed by atoms with E-state index in [1.807, 2.05) is 6.92 Å². The molecule has 6 heteroatoms. The zero-order valence-electron chi connectivity index (χ0n) is 11.0. The Morgan fingerprint density at radius 1 is 1.05 bits per heavy atom. The SMILES string of the molecule is Cc1cc(C(N)c2ccc(F)c(C(F)(F)F)c2)ccc1Br. The van der Waals surface area contributed by atoms with Gasteiger partial charge in [-0.05, 0) is 41.8 Å². The fraction of sp³-hybridized carbons (Fsp3) is 0.200. The highest BCUT2D eigenvalue weighted by molar-refractivity contribution is 9.10. The Morgan fingerprint density at radius 2 is 1.62 bits per heavy atom. The summed E-state index contributed by atoms with van der Waals surface area (Å²) in [4.78, 5) is 0. The molecule has 0 radical (unpaired) electrons. The Bertz CT molecular complexity index is 667. The lowest BCUT2D eigenvalue weighted by atomic mass is 9.96. The summed E-state index contributed by atoms with van der Waals surface area (Å²) in [7, 11) is 0. The topological polar surface area (TPSA) is 26.0 Å². The highest BCUT2D eigenvalue weighted by atomic mass is 79.9. The lowest BCUT2D eigenvalue weighted by Gasteiger charge is -2.16. The maximum absolute atomic E-state index is 13.3.